The van der Waals surface area contributed by atoms with Crippen molar-refractivity contribution >= 4 is 17.7 Å². The minimum atomic E-state index is 0.398. The predicted molar refractivity (Wildman–Crippen MR) is 86.0 cm³/mol. The molecule has 0 aliphatic carbocycles. The van der Waals surface area contributed by atoms with Gasteiger partial charge in [0.15, 0.2) is 5.96 Å². The smallest absolute Gasteiger partial charge is 0.191 e. The molecular weight excluding hydrogens is 254 g/mol. The zero-order chi connectivity index (χ0) is 14.1. The maximum absolute atomic E-state index is 4.62. The first-order valence-corrected chi connectivity index (χ1v) is 7.76. The maximum Gasteiger partial charge on any atom is 0.191 e. The van der Waals surface area contributed by atoms with Gasteiger partial charge in [0.2, 0.25) is 0 Å². The summed E-state index contributed by atoms with van der Waals surface area (Å²) in [7, 11) is 0. The Morgan fingerprint density at radius 3 is 2.47 bits per heavy atom. The molecule has 0 saturated heterocycles. The van der Waals surface area contributed by atoms with Crippen molar-refractivity contribution in [3.05, 3.63) is 30.3 Å². The summed E-state index contributed by atoms with van der Waals surface area (Å²) in [6.07, 6.45) is 0. The fourth-order valence-corrected chi connectivity index (χ4v) is 2.51. The van der Waals surface area contributed by atoms with Crippen LogP contribution >= 0.6 is 11.8 Å². The molecule has 1 unspecified atom stereocenters. The molecule has 0 fully saturated rings. The van der Waals surface area contributed by atoms with Crippen molar-refractivity contribution in [2.24, 2.45) is 4.99 Å². The van der Waals surface area contributed by atoms with E-state index in [1.807, 2.05) is 17.8 Å². The summed E-state index contributed by atoms with van der Waals surface area (Å²) >= 11 is 1.86. The second-order valence-corrected chi connectivity index (χ2v) is 6.27. The van der Waals surface area contributed by atoms with Crippen LogP contribution in [0, 0.1) is 0 Å². The Balaban J connectivity index is 2.47. The Hall–Kier alpha value is -1.16. The molecule has 0 amide bonds. The Morgan fingerprint density at radius 1 is 1.21 bits per heavy atom. The van der Waals surface area contributed by atoms with E-state index in [-0.39, 0.29) is 0 Å². The van der Waals surface area contributed by atoms with Gasteiger partial charge >= 0.3 is 0 Å². The molecule has 19 heavy (non-hydrogen) atoms. The normalized spacial score (nSPS) is 13.4. The predicted octanol–water partition coefficient (Wildman–Crippen LogP) is 3.13. The Labute approximate surface area is 121 Å². The number of benzene rings is 1. The third-order valence-electron chi connectivity index (χ3n) is 2.36. The van der Waals surface area contributed by atoms with E-state index in [9.17, 15) is 0 Å². The minimum absolute atomic E-state index is 0.398. The molecule has 0 aliphatic rings. The second kappa shape index (κ2) is 8.86. The van der Waals surface area contributed by atoms with Gasteiger partial charge < -0.3 is 10.6 Å². The molecule has 2 N–H and O–H groups in total. The van der Waals surface area contributed by atoms with Gasteiger partial charge in [0, 0.05) is 22.7 Å². The molecule has 1 aromatic carbocycles. The number of guanidine groups is 1. The molecule has 1 rings (SSSR count). The minimum Gasteiger partial charge on any atom is -0.357 e. The average molecular weight is 279 g/mol. The van der Waals surface area contributed by atoms with E-state index < -0.39 is 0 Å². The summed E-state index contributed by atoms with van der Waals surface area (Å²) in [5, 5.41) is 7.06. The Kier molecular flexibility index (Phi) is 7.41. The number of rotatable bonds is 6. The maximum atomic E-state index is 4.62. The summed E-state index contributed by atoms with van der Waals surface area (Å²) in [6, 6.07) is 10.9. The fraction of sp³-hybridized carbons (Fsp3) is 0.533. The number of nitrogens with one attached hydrogen (secondary N) is 2. The first-order chi connectivity index (χ1) is 9.11. The van der Waals surface area contributed by atoms with Gasteiger partial charge in [0.05, 0.1) is 6.54 Å². The third kappa shape index (κ3) is 7.11. The molecule has 0 radical (unpaired) electrons. The van der Waals surface area contributed by atoms with Crippen LogP contribution in [-0.4, -0.2) is 30.3 Å². The Bertz CT molecular complexity index is 376. The SMILES string of the molecule is CCNC(=NCC(C)Sc1ccccc1)NC(C)C. The lowest BCUT2D eigenvalue weighted by Gasteiger charge is -2.15. The van der Waals surface area contributed by atoms with Crippen molar-refractivity contribution in [1.29, 1.82) is 0 Å². The van der Waals surface area contributed by atoms with Crippen LogP contribution in [0.5, 0.6) is 0 Å². The number of nitrogens with zero attached hydrogens (tertiary/aromatic N) is 1. The highest BCUT2D eigenvalue weighted by atomic mass is 32.2. The highest BCUT2D eigenvalue weighted by Gasteiger charge is 2.05. The quantitative estimate of drug-likeness (QED) is 0.477. The van der Waals surface area contributed by atoms with E-state index in [4.69, 9.17) is 0 Å². The third-order valence-corrected chi connectivity index (χ3v) is 3.45. The van der Waals surface area contributed by atoms with Gasteiger partial charge in [-0.25, -0.2) is 0 Å². The number of hydrogen-bond donors (Lipinski definition) is 2. The summed E-state index contributed by atoms with van der Waals surface area (Å²) in [5.41, 5.74) is 0. The van der Waals surface area contributed by atoms with Gasteiger partial charge in [-0.05, 0) is 32.9 Å². The molecule has 0 spiro atoms. The molecule has 4 heteroatoms. The number of thioether (sulfide) groups is 1. The van der Waals surface area contributed by atoms with Crippen LogP contribution in [0.15, 0.2) is 40.2 Å². The van der Waals surface area contributed by atoms with Crippen LogP contribution in [0.2, 0.25) is 0 Å². The zero-order valence-corrected chi connectivity index (χ0v) is 13.1. The van der Waals surface area contributed by atoms with E-state index in [1.54, 1.807) is 0 Å². The van der Waals surface area contributed by atoms with Gasteiger partial charge in [0.25, 0.3) is 0 Å². The highest BCUT2D eigenvalue weighted by Crippen LogP contribution is 2.22. The molecular formula is C15H25N3S. The summed E-state index contributed by atoms with van der Waals surface area (Å²) in [4.78, 5) is 5.92. The zero-order valence-electron chi connectivity index (χ0n) is 12.3. The standard InChI is InChI=1S/C15H25N3S/c1-5-16-15(18-12(2)3)17-11-13(4)19-14-9-7-6-8-10-14/h6-10,12-13H,5,11H2,1-4H3,(H2,16,17,18). The first-order valence-electron chi connectivity index (χ1n) is 6.88. The second-order valence-electron chi connectivity index (χ2n) is 4.76. The molecule has 0 bridgehead atoms. The van der Waals surface area contributed by atoms with Crippen LogP contribution in [0.4, 0.5) is 0 Å². The molecule has 0 aromatic heterocycles. The van der Waals surface area contributed by atoms with Gasteiger partial charge in [-0.3, -0.25) is 4.99 Å². The lowest BCUT2D eigenvalue weighted by atomic mass is 10.4. The van der Waals surface area contributed by atoms with Crippen molar-refractivity contribution in [1.82, 2.24) is 10.6 Å². The fourth-order valence-electron chi connectivity index (χ4n) is 1.58. The van der Waals surface area contributed by atoms with Gasteiger partial charge in [0.1, 0.15) is 0 Å². The van der Waals surface area contributed by atoms with Crippen molar-refractivity contribution in [3.8, 4) is 0 Å². The largest absolute Gasteiger partial charge is 0.357 e. The van der Waals surface area contributed by atoms with Crippen molar-refractivity contribution in [3.63, 3.8) is 0 Å². The molecule has 3 nitrogen and oxygen atoms in total. The van der Waals surface area contributed by atoms with Crippen LogP contribution in [0.3, 0.4) is 0 Å². The molecule has 1 aromatic rings. The van der Waals surface area contributed by atoms with Crippen molar-refractivity contribution in [2.45, 2.75) is 43.9 Å². The van der Waals surface area contributed by atoms with E-state index >= 15 is 0 Å². The summed E-state index contributed by atoms with van der Waals surface area (Å²) < 4.78 is 0. The topological polar surface area (TPSA) is 36.4 Å². The van der Waals surface area contributed by atoms with E-state index in [2.05, 4.69) is 67.6 Å². The molecule has 0 aliphatic heterocycles. The van der Waals surface area contributed by atoms with Crippen molar-refractivity contribution < 1.29 is 0 Å². The van der Waals surface area contributed by atoms with Gasteiger partial charge in [-0.1, -0.05) is 25.1 Å². The van der Waals surface area contributed by atoms with E-state index in [1.165, 1.54) is 4.90 Å². The molecule has 0 heterocycles. The van der Waals surface area contributed by atoms with Crippen molar-refractivity contribution in [2.75, 3.05) is 13.1 Å². The average Bonchev–Trinajstić information content (AvgIpc) is 2.37. The Morgan fingerprint density at radius 2 is 1.89 bits per heavy atom. The molecule has 1 atom stereocenters. The van der Waals surface area contributed by atoms with E-state index in [0.717, 1.165) is 19.0 Å². The van der Waals surface area contributed by atoms with Crippen LogP contribution < -0.4 is 10.6 Å². The number of aliphatic imine (C=N–C) groups is 1. The first kappa shape index (κ1) is 15.9. The van der Waals surface area contributed by atoms with Gasteiger partial charge in [-0.2, -0.15) is 0 Å². The highest BCUT2D eigenvalue weighted by molar-refractivity contribution is 8.00. The van der Waals surface area contributed by atoms with Gasteiger partial charge in [-0.15, -0.1) is 11.8 Å². The van der Waals surface area contributed by atoms with E-state index in [0.29, 0.717) is 11.3 Å². The van der Waals surface area contributed by atoms with Crippen LogP contribution in [0.1, 0.15) is 27.7 Å². The van der Waals surface area contributed by atoms with Crippen LogP contribution in [-0.2, 0) is 0 Å². The lowest BCUT2D eigenvalue weighted by molar-refractivity contribution is 0.700. The number of hydrogen-bond acceptors (Lipinski definition) is 2. The van der Waals surface area contributed by atoms with Crippen LogP contribution in [0.25, 0.3) is 0 Å². The monoisotopic (exact) mass is 279 g/mol. The summed E-state index contributed by atoms with van der Waals surface area (Å²) in [6.45, 7) is 10.2. The molecule has 0 saturated carbocycles. The molecule has 106 valence electrons. The summed E-state index contributed by atoms with van der Waals surface area (Å²) in [5.74, 6) is 0.901. The lowest BCUT2D eigenvalue weighted by Crippen LogP contribution is -2.41.